The van der Waals surface area contributed by atoms with Gasteiger partial charge in [-0.05, 0) is 75.8 Å². The second kappa shape index (κ2) is 12.8. The molecule has 0 saturated heterocycles. The van der Waals surface area contributed by atoms with Crippen LogP contribution in [0.2, 0.25) is 0 Å². The molecule has 1 aromatic rings. The molecule has 4 heteroatoms. The van der Waals surface area contributed by atoms with E-state index < -0.39 is 0 Å². The second-order valence-corrected chi connectivity index (χ2v) is 15.1. The minimum absolute atomic E-state index is 0. The van der Waals surface area contributed by atoms with E-state index in [1.165, 1.54) is 101 Å². The van der Waals surface area contributed by atoms with E-state index in [1.807, 2.05) is 0 Å². The van der Waals surface area contributed by atoms with Gasteiger partial charge < -0.3 is 4.74 Å². The first-order valence-electron chi connectivity index (χ1n) is 12.9. The average molecular weight is 548 g/mol. The molecule has 1 nitrogen and oxygen atoms in total. The Morgan fingerprint density at radius 1 is 0.806 bits per heavy atom. The summed E-state index contributed by atoms with van der Waals surface area (Å²) in [5.41, 5.74) is 2.06. The van der Waals surface area contributed by atoms with E-state index >= 15 is 0 Å². The van der Waals surface area contributed by atoms with Gasteiger partial charge in [0.15, 0.2) is 0 Å². The largest absolute Gasteiger partial charge is 0.490 e. The van der Waals surface area contributed by atoms with Crippen LogP contribution in [0.25, 0.3) is 0 Å². The smallest absolute Gasteiger partial charge is 0.133 e. The van der Waals surface area contributed by atoms with Crippen LogP contribution in [-0.2, 0) is 19.5 Å². The van der Waals surface area contributed by atoms with Crippen molar-refractivity contribution in [2.75, 3.05) is 0 Å². The first kappa shape index (κ1) is 26.0. The van der Waals surface area contributed by atoms with Gasteiger partial charge in [-0.1, -0.05) is 77.8 Å². The zero-order valence-electron chi connectivity index (χ0n) is 19.8. The summed E-state index contributed by atoms with van der Waals surface area (Å²) in [6.45, 7) is 4.32. The van der Waals surface area contributed by atoms with Crippen molar-refractivity contribution in [1.82, 2.24) is 0 Å². The Morgan fingerprint density at radius 3 is 1.87 bits per heavy atom. The van der Waals surface area contributed by atoms with Gasteiger partial charge in [0.05, 0.1) is 11.0 Å². The number of benzene rings is 1. The molecule has 0 atom stereocenters. The summed E-state index contributed by atoms with van der Waals surface area (Å²) in [7, 11) is 0.0516. The van der Waals surface area contributed by atoms with Crippen LogP contribution in [0.4, 0.5) is 0 Å². The molecular formula is C27H43OPRuS. The van der Waals surface area contributed by atoms with Gasteiger partial charge >= 0.3 is 0 Å². The van der Waals surface area contributed by atoms with Crippen LogP contribution in [0.15, 0.2) is 29.2 Å². The number of hydrogen-bond acceptors (Lipinski definition) is 2. The summed E-state index contributed by atoms with van der Waals surface area (Å²) in [5.74, 6) is 1.13. The molecule has 0 radical (unpaired) electrons. The number of thioether (sulfide) groups is 1. The van der Waals surface area contributed by atoms with Crippen LogP contribution in [-0.4, -0.2) is 21.9 Å². The van der Waals surface area contributed by atoms with Crippen LogP contribution >= 0.6 is 19.7 Å². The van der Waals surface area contributed by atoms with E-state index in [9.17, 15) is 0 Å². The molecule has 0 bridgehead atoms. The molecule has 0 unspecified atom stereocenters. The Kier molecular flexibility index (Phi) is 10.7. The van der Waals surface area contributed by atoms with Crippen molar-refractivity contribution in [2.24, 2.45) is 0 Å². The van der Waals surface area contributed by atoms with Crippen molar-refractivity contribution in [3.63, 3.8) is 0 Å². The third-order valence-corrected chi connectivity index (χ3v) is 13.8. The van der Waals surface area contributed by atoms with Crippen molar-refractivity contribution in [3.05, 3.63) is 24.3 Å². The fourth-order valence-corrected chi connectivity index (χ4v) is 13.8. The maximum absolute atomic E-state index is 6.29. The zero-order valence-corrected chi connectivity index (χ0v) is 23.2. The van der Waals surface area contributed by atoms with Crippen LogP contribution in [0.5, 0.6) is 5.75 Å². The van der Waals surface area contributed by atoms with E-state index in [1.54, 1.807) is 0 Å². The molecule has 0 aromatic heterocycles. The molecule has 3 aliphatic rings. The van der Waals surface area contributed by atoms with E-state index in [0.29, 0.717) is 4.49 Å². The van der Waals surface area contributed by atoms with Crippen LogP contribution < -0.4 is 4.74 Å². The number of hydrogen-bond donors (Lipinski definition) is 0. The number of rotatable bonds is 7. The summed E-state index contributed by atoms with van der Waals surface area (Å²) in [5, 5.41) is 0. The van der Waals surface area contributed by atoms with Gasteiger partial charge in [-0.15, -0.1) is 11.8 Å². The predicted octanol–water partition coefficient (Wildman–Crippen LogP) is 9.37. The maximum Gasteiger partial charge on any atom is 0.133 e. The van der Waals surface area contributed by atoms with E-state index in [-0.39, 0.29) is 33.5 Å². The van der Waals surface area contributed by atoms with Crippen molar-refractivity contribution < 1.29 is 24.2 Å². The predicted molar refractivity (Wildman–Crippen MR) is 135 cm³/mol. The molecule has 3 aliphatic carbocycles. The Hall–Kier alpha value is 0.423. The van der Waals surface area contributed by atoms with E-state index in [2.05, 4.69) is 49.9 Å². The quantitative estimate of drug-likeness (QED) is 0.248. The summed E-state index contributed by atoms with van der Waals surface area (Å²) in [6.07, 6.45) is 22.5. The topological polar surface area (TPSA) is 9.23 Å². The normalized spacial score (nSPS) is 23.0. The Balaban J connectivity index is 0.00000272. The van der Waals surface area contributed by atoms with Crippen molar-refractivity contribution in [2.45, 2.75) is 137 Å². The standard InChI is InChI=1S/C27H43OPS.Ru/c1-22(2)28-25-18-10-11-19-26(25)30-27(20-12-5-13-21-27)29(23-14-6-3-7-15-23)24-16-8-4-9-17-24;/h10-11,18-19,22-24H,3-9,12-17,20-21H2,1-2H3;. The monoisotopic (exact) mass is 548 g/mol. The van der Waals surface area contributed by atoms with Gasteiger partial charge in [-0.2, -0.15) is 0 Å². The van der Waals surface area contributed by atoms with Crippen molar-refractivity contribution in [1.29, 1.82) is 0 Å². The molecule has 0 N–H and O–H groups in total. The molecule has 0 spiro atoms. The first-order chi connectivity index (χ1) is 14.7. The molecule has 0 aliphatic heterocycles. The fraction of sp³-hybridized carbons (Fsp3) is 0.778. The van der Waals surface area contributed by atoms with E-state index in [4.69, 9.17) is 4.74 Å². The molecule has 3 saturated carbocycles. The summed E-state index contributed by atoms with van der Waals surface area (Å²) in [6, 6.07) is 8.95. The van der Waals surface area contributed by atoms with Gasteiger partial charge in [-0.3, -0.25) is 0 Å². The molecule has 31 heavy (non-hydrogen) atoms. The number of para-hydroxylation sites is 1. The summed E-state index contributed by atoms with van der Waals surface area (Å²) >= 11 is 2.28. The molecular weight excluding hydrogens is 504 g/mol. The minimum Gasteiger partial charge on any atom is -0.490 e. The van der Waals surface area contributed by atoms with Crippen LogP contribution in [0.3, 0.4) is 0 Å². The van der Waals surface area contributed by atoms with Crippen molar-refractivity contribution in [3.8, 4) is 5.75 Å². The average Bonchev–Trinajstić information content (AvgIpc) is 2.77. The molecule has 3 fully saturated rings. The van der Waals surface area contributed by atoms with Gasteiger partial charge in [0, 0.05) is 24.0 Å². The van der Waals surface area contributed by atoms with E-state index in [0.717, 1.165) is 17.1 Å². The Bertz CT molecular complexity index is 630. The van der Waals surface area contributed by atoms with Gasteiger partial charge in [0.2, 0.25) is 0 Å². The molecule has 4 rings (SSSR count). The fourth-order valence-electron chi connectivity index (χ4n) is 6.29. The van der Waals surface area contributed by atoms with Gasteiger partial charge in [0.1, 0.15) is 5.75 Å². The molecule has 1 aromatic carbocycles. The third kappa shape index (κ3) is 6.73. The SMILES string of the molecule is CC(C)Oc1ccccc1SC1(P(C2CCCCC2)C2CCCCC2)CCCCC1.[Ru]. The Labute approximate surface area is 210 Å². The Morgan fingerprint density at radius 2 is 1.32 bits per heavy atom. The van der Waals surface area contributed by atoms with Gasteiger partial charge in [0.25, 0.3) is 0 Å². The van der Waals surface area contributed by atoms with Crippen LogP contribution in [0.1, 0.15) is 110 Å². The molecule has 0 heterocycles. The van der Waals surface area contributed by atoms with Crippen molar-refractivity contribution >= 4 is 19.7 Å². The number of ether oxygens (including phenoxy) is 1. The second-order valence-electron chi connectivity index (χ2n) is 10.2. The molecule has 0 amide bonds. The zero-order chi connectivity index (χ0) is 20.8. The molecule has 176 valence electrons. The first-order valence-corrected chi connectivity index (χ1v) is 15.2. The maximum atomic E-state index is 6.29. The summed E-state index contributed by atoms with van der Waals surface area (Å²) in [4.78, 5) is 1.42. The third-order valence-electron chi connectivity index (χ3n) is 7.55. The minimum atomic E-state index is 0. The summed E-state index contributed by atoms with van der Waals surface area (Å²) < 4.78 is 6.78. The van der Waals surface area contributed by atoms with Crippen LogP contribution in [0, 0.1) is 0 Å². The van der Waals surface area contributed by atoms with Gasteiger partial charge in [-0.25, -0.2) is 0 Å².